The molecule has 6 heteroatoms. The van der Waals surface area contributed by atoms with Gasteiger partial charge in [-0.2, -0.15) is 5.26 Å². The minimum absolute atomic E-state index is 0.143. The van der Waals surface area contributed by atoms with Gasteiger partial charge in [-0.05, 0) is 59.7 Å². The quantitative estimate of drug-likeness (QED) is 0.247. The fourth-order valence-electron chi connectivity index (χ4n) is 2.77. The summed E-state index contributed by atoms with van der Waals surface area (Å²) < 4.78 is 37.8. The molecular formula is C27H20BrF2NO2. The van der Waals surface area contributed by atoms with E-state index in [2.05, 4.69) is 15.9 Å². The van der Waals surface area contributed by atoms with Gasteiger partial charge in [0.2, 0.25) is 0 Å². The lowest BCUT2D eigenvalue weighted by molar-refractivity contribution is 0.441. The van der Waals surface area contributed by atoms with Gasteiger partial charge < -0.3 is 9.47 Å². The summed E-state index contributed by atoms with van der Waals surface area (Å²) >= 11 is 3.32. The summed E-state index contributed by atoms with van der Waals surface area (Å²) in [5.74, 6) is 0.810. The molecule has 33 heavy (non-hydrogen) atoms. The Labute approximate surface area is 200 Å². The summed E-state index contributed by atoms with van der Waals surface area (Å²) in [5.41, 5.74) is 1.71. The van der Waals surface area contributed by atoms with Gasteiger partial charge in [-0.15, -0.1) is 0 Å². The topological polar surface area (TPSA) is 42.2 Å². The zero-order chi connectivity index (χ0) is 23.5. The van der Waals surface area contributed by atoms with Gasteiger partial charge in [-0.1, -0.05) is 64.5 Å². The molecule has 0 N–H and O–H groups in total. The van der Waals surface area contributed by atoms with Crippen LogP contribution in [0.25, 0.3) is 0 Å². The molecule has 0 aliphatic heterocycles. The third kappa shape index (κ3) is 7.44. The standard InChI is InChI=1S/C14H10FNO.C13H10BrFO/c15-13-7-6-11(8-9-16)10-14(13)17-12-4-2-1-3-5-12;14-9-10-6-7-12(15)13(8-10)16-11-4-2-1-3-5-11/h1-7,10H,8H2;1-8H,9H2. The highest BCUT2D eigenvalue weighted by Crippen LogP contribution is 2.26. The maximum atomic E-state index is 13.5. The predicted molar refractivity (Wildman–Crippen MR) is 128 cm³/mol. The predicted octanol–water partition coefficient (Wildman–Crippen LogP) is 8.20. The molecule has 0 amide bonds. The van der Waals surface area contributed by atoms with E-state index < -0.39 is 5.82 Å². The molecular weight excluding hydrogens is 488 g/mol. The number of hydrogen-bond donors (Lipinski definition) is 0. The van der Waals surface area contributed by atoms with Crippen LogP contribution in [0.15, 0.2) is 97.1 Å². The second-order valence-electron chi connectivity index (χ2n) is 6.83. The van der Waals surface area contributed by atoms with E-state index in [-0.39, 0.29) is 23.7 Å². The van der Waals surface area contributed by atoms with Crippen LogP contribution in [0.1, 0.15) is 11.1 Å². The van der Waals surface area contributed by atoms with Crippen molar-refractivity contribution < 1.29 is 18.3 Å². The molecule has 0 spiro atoms. The van der Waals surface area contributed by atoms with Crippen LogP contribution in [0.4, 0.5) is 8.78 Å². The van der Waals surface area contributed by atoms with Crippen LogP contribution in [-0.2, 0) is 11.8 Å². The van der Waals surface area contributed by atoms with Crippen LogP contribution in [0.5, 0.6) is 23.0 Å². The van der Waals surface area contributed by atoms with Crippen molar-refractivity contribution in [3.63, 3.8) is 0 Å². The van der Waals surface area contributed by atoms with E-state index in [0.29, 0.717) is 16.8 Å². The zero-order valence-electron chi connectivity index (χ0n) is 17.5. The Bertz CT molecular complexity index is 1210. The van der Waals surface area contributed by atoms with Crippen LogP contribution in [0.3, 0.4) is 0 Å². The van der Waals surface area contributed by atoms with E-state index in [0.717, 1.165) is 11.1 Å². The number of alkyl halides is 1. The SMILES string of the molecule is Fc1ccc(CBr)cc1Oc1ccccc1.N#CCc1ccc(F)c(Oc2ccccc2)c1. The molecule has 0 radical (unpaired) electrons. The van der Waals surface area contributed by atoms with E-state index in [4.69, 9.17) is 14.7 Å². The van der Waals surface area contributed by atoms with Gasteiger partial charge >= 0.3 is 0 Å². The maximum Gasteiger partial charge on any atom is 0.165 e. The van der Waals surface area contributed by atoms with Crippen molar-refractivity contribution in [2.24, 2.45) is 0 Å². The van der Waals surface area contributed by atoms with Crippen molar-refractivity contribution in [2.75, 3.05) is 0 Å². The van der Waals surface area contributed by atoms with Gasteiger partial charge in [0.05, 0.1) is 12.5 Å². The van der Waals surface area contributed by atoms with Crippen molar-refractivity contribution in [3.8, 4) is 29.1 Å². The minimum atomic E-state index is -0.435. The number of hydrogen-bond acceptors (Lipinski definition) is 3. The van der Waals surface area contributed by atoms with E-state index in [1.54, 1.807) is 48.5 Å². The third-order valence-corrected chi connectivity index (χ3v) is 5.02. The van der Waals surface area contributed by atoms with Gasteiger partial charge in [0, 0.05) is 5.33 Å². The molecule has 0 aliphatic rings. The van der Waals surface area contributed by atoms with Gasteiger partial charge in [0.1, 0.15) is 11.5 Å². The van der Waals surface area contributed by atoms with E-state index in [1.165, 1.54) is 12.1 Å². The molecule has 0 atom stereocenters. The van der Waals surface area contributed by atoms with Gasteiger partial charge in [-0.3, -0.25) is 0 Å². The van der Waals surface area contributed by atoms with Crippen molar-refractivity contribution in [1.82, 2.24) is 0 Å². The first-order chi connectivity index (χ1) is 16.1. The van der Waals surface area contributed by atoms with Crippen LogP contribution in [-0.4, -0.2) is 0 Å². The number of nitriles is 1. The Morgan fingerprint density at radius 3 is 1.58 bits per heavy atom. The van der Waals surface area contributed by atoms with E-state index >= 15 is 0 Å². The van der Waals surface area contributed by atoms with Crippen molar-refractivity contribution in [2.45, 2.75) is 11.8 Å². The first kappa shape index (κ1) is 24.0. The number of ether oxygens (including phenoxy) is 2. The van der Waals surface area contributed by atoms with Gasteiger partial charge in [0.15, 0.2) is 23.1 Å². The largest absolute Gasteiger partial charge is 0.454 e. The summed E-state index contributed by atoms with van der Waals surface area (Å²) in [7, 11) is 0. The lowest BCUT2D eigenvalue weighted by Crippen LogP contribution is -1.90. The smallest absolute Gasteiger partial charge is 0.165 e. The molecule has 0 aliphatic carbocycles. The number of benzene rings is 4. The molecule has 4 rings (SSSR count). The summed E-state index contributed by atoms with van der Waals surface area (Å²) in [6.07, 6.45) is 0.241. The highest BCUT2D eigenvalue weighted by atomic mass is 79.9. The molecule has 0 heterocycles. The van der Waals surface area contributed by atoms with Gasteiger partial charge in [0.25, 0.3) is 0 Å². The number of nitrogens with zero attached hydrogens (tertiary/aromatic N) is 1. The second kappa shape index (κ2) is 12.4. The lowest BCUT2D eigenvalue weighted by Gasteiger charge is -2.07. The summed E-state index contributed by atoms with van der Waals surface area (Å²) in [6, 6.07) is 29.4. The molecule has 166 valence electrons. The molecule has 0 bridgehead atoms. The Morgan fingerprint density at radius 1 is 0.667 bits per heavy atom. The van der Waals surface area contributed by atoms with E-state index in [1.807, 2.05) is 42.5 Å². The Kier molecular flexibility index (Phi) is 8.98. The fourth-order valence-corrected chi connectivity index (χ4v) is 3.12. The molecule has 4 aromatic carbocycles. The molecule has 0 aromatic heterocycles. The Morgan fingerprint density at radius 2 is 1.12 bits per heavy atom. The highest BCUT2D eigenvalue weighted by Gasteiger charge is 2.06. The average Bonchev–Trinajstić information content (AvgIpc) is 2.84. The fraction of sp³-hybridized carbons (Fsp3) is 0.0741. The summed E-state index contributed by atoms with van der Waals surface area (Å²) in [4.78, 5) is 0. The Balaban J connectivity index is 0.000000186. The number of rotatable bonds is 6. The number of para-hydroxylation sites is 2. The molecule has 0 saturated heterocycles. The molecule has 0 saturated carbocycles. The first-order valence-corrected chi connectivity index (χ1v) is 11.2. The van der Waals surface area contributed by atoms with E-state index in [9.17, 15) is 8.78 Å². The monoisotopic (exact) mass is 507 g/mol. The summed E-state index contributed by atoms with van der Waals surface area (Å²) in [6.45, 7) is 0. The van der Waals surface area contributed by atoms with Crippen LogP contribution >= 0.6 is 15.9 Å². The van der Waals surface area contributed by atoms with Gasteiger partial charge in [-0.25, -0.2) is 8.78 Å². The minimum Gasteiger partial charge on any atom is -0.454 e. The molecule has 4 aromatic rings. The van der Waals surface area contributed by atoms with Crippen LogP contribution in [0, 0.1) is 23.0 Å². The highest BCUT2D eigenvalue weighted by molar-refractivity contribution is 9.08. The third-order valence-electron chi connectivity index (χ3n) is 4.37. The Hall–Kier alpha value is -3.69. The average molecular weight is 508 g/mol. The van der Waals surface area contributed by atoms with Crippen molar-refractivity contribution in [1.29, 1.82) is 5.26 Å². The second-order valence-corrected chi connectivity index (χ2v) is 7.39. The van der Waals surface area contributed by atoms with Crippen molar-refractivity contribution >= 4 is 15.9 Å². The molecule has 0 unspecified atom stereocenters. The first-order valence-electron chi connectivity index (χ1n) is 10.0. The van der Waals surface area contributed by atoms with Crippen LogP contribution < -0.4 is 9.47 Å². The number of halogens is 3. The summed E-state index contributed by atoms with van der Waals surface area (Å²) in [5, 5.41) is 9.26. The zero-order valence-corrected chi connectivity index (χ0v) is 19.1. The maximum absolute atomic E-state index is 13.5. The lowest BCUT2D eigenvalue weighted by atomic mass is 10.1. The normalized spacial score (nSPS) is 9.88. The van der Waals surface area contributed by atoms with Crippen LogP contribution in [0.2, 0.25) is 0 Å². The van der Waals surface area contributed by atoms with Crippen molar-refractivity contribution in [3.05, 3.63) is 120 Å². The molecule has 3 nitrogen and oxygen atoms in total. The molecule has 0 fully saturated rings.